The molecule has 4 heterocycles. The number of hydrogen-bond donors (Lipinski definition) is 0. The largest absolute Gasteiger partial charge is 0.455 e. The number of fused-ring (bicyclic) bond motifs is 4. The summed E-state index contributed by atoms with van der Waals surface area (Å²) in [5.74, 6) is 3.00. The smallest absolute Gasteiger partial charge is 0.180 e. The van der Waals surface area contributed by atoms with Crippen molar-refractivity contribution in [3.05, 3.63) is 181 Å². The first kappa shape index (κ1) is 32.8. The molecular formula is C49H31N5O2. The van der Waals surface area contributed by atoms with E-state index in [2.05, 4.69) is 18.7 Å². The molecule has 0 unspecified atom stereocenters. The van der Waals surface area contributed by atoms with Gasteiger partial charge in [-0.05, 0) is 35.9 Å². The lowest BCUT2D eigenvalue weighted by atomic mass is 10.0. The van der Waals surface area contributed by atoms with Crippen molar-refractivity contribution < 1.29 is 8.83 Å². The molecule has 0 aliphatic heterocycles. The summed E-state index contributed by atoms with van der Waals surface area (Å²) in [4.78, 5) is 24.8. The number of benzene rings is 6. The van der Waals surface area contributed by atoms with Gasteiger partial charge in [-0.3, -0.25) is 0 Å². The Hall–Kier alpha value is -7.77. The van der Waals surface area contributed by atoms with E-state index >= 15 is 0 Å². The molecule has 0 bridgehead atoms. The van der Waals surface area contributed by atoms with Crippen molar-refractivity contribution in [2.75, 3.05) is 0 Å². The Morgan fingerprint density at radius 1 is 0.446 bits per heavy atom. The Morgan fingerprint density at radius 2 is 1.02 bits per heavy atom. The summed E-state index contributed by atoms with van der Waals surface area (Å²) < 4.78 is 13.1. The van der Waals surface area contributed by atoms with Gasteiger partial charge in [-0.1, -0.05) is 152 Å². The van der Waals surface area contributed by atoms with Gasteiger partial charge in [-0.15, -0.1) is 0 Å². The van der Waals surface area contributed by atoms with E-state index < -0.39 is 0 Å². The molecular weight excluding hydrogens is 691 g/mol. The van der Waals surface area contributed by atoms with Gasteiger partial charge in [0.25, 0.3) is 0 Å². The maximum absolute atomic E-state index is 6.67. The second kappa shape index (κ2) is 13.9. The Labute approximate surface area is 322 Å². The van der Waals surface area contributed by atoms with Crippen molar-refractivity contribution in [1.82, 2.24) is 24.9 Å². The number of hydrogen-bond acceptors (Lipinski definition) is 7. The van der Waals surface area contributed by atoms with Gasteiger partial charge < -0.3 is 8.83 Å². The third-order valence-electron chi connectivity index (χ3n) is 9.77. The van der Waals surface area contributed by atoms with E-state index in [9.17, 15) is 0 Å². The quantitative estimate of drug-likeness (QED) is 0.154. The summed E-state index contributed by atoms with van der Waals surface area (Å²) in [5, 5.41) is 1.86. The fourth-order valence-electron chi connectivity index (χ4n) is 7.06. The van der Waals surface area contributed by atoms with Gasteiger partial charge in [-0.2, -0.15) is 0 Å². The molecule has 56 heavy (non-hydrogen) atoms. The molecule has 0 spiro atoms. The van der Waals surface area contributed by atoms with Crippen LogP contribution < -0.4 is 0 Å². The minimum atomic E-state index is 0.521. The first-order valence-electron chi connectivity index (χ1n) is 18.3. The zero-order chi connectivity index (χ0) is 37.4. The van der Waals surface area contributed by atoms with E-state index in [0.717, 1.165) is 66.5 Å². The summed E-state index contributed by atoms with van der Waals surface area (Å²) in [7, 11) is 0. The Balaban J connectivity index is 1.06. The molecule has 0 radical (unpaired) electrons. The van der Waals surface area contributed by atoms with Crippen LogP contribution in [0.4, 0.5) is 0 Å². The third-order valence-corrected chi connectivity index (χ3v) is 9.77. The number of rotatable bonds is 8. The lowest BCUT2D eigenvalue weighted by Gasteiger charge is -2.08. The van der Waals surface area contributed by atoms with Crippen LogP contribution in [0.3, 0.4) is 0 Å². The molecule has 4 aromatic heterocycles. The second-order valence-corrected chi connectivity index (χ2v) is 13.3. The first-order valence-corrected chi connectivity index (χ1v) is 18.3. The molecule has 0 N–H and O–H groups in total. The van der Waals surface area contributed by atoms with Crippen LogP contribution >= 0.6 is 0 Å². The highest BCUT2D eigenvalue weighted by molar-refractivity contribution is 6.07. The minimum absolute atomic E-state index is 0.521. The molecule has 0 fully saturated rings. The van der Waals surface area contributed by atoms with Gasteiger partial charge in [0.1, 0.15) is 28.1 Å². The van der Waals surface area contributed by atoms with Gasteiger partial charge in [0, 0.05) is 38.6 Å². The Kier molecular flexibility index (Phi) is 8.15. The highest BCUT2D eigenvalue weighted by atomic mass is 16.3. The highest BCUT2D eigenvalue weighted by Crippen LogP contribution is 2.38. The summed E-state index contributed by atoms with van der Waals surface area (Å²) in [5.41, 5.74) is 9.83. The summed E-state index contributed by atoms with van der Waals surface area (Å²) in [6.07, 6.45) is 5.84. The molecule has 0 amide bonds. The number of para-hydroxylation sites is 2. The molecule has 0 saturated carbocycles. The summed E-state index contributed by atoms with van der Waals surface area (Å²) in [6.45, 7) is 4.15. The molecule has 10 rings (SSSR count). The highest BCUT2D eigenvalue weighted by Gasteiger charge is 2.20. The predicted molar refractivity (Wildman–Crippen MR) is 225 cm³/mol. The Bertz CT molecular complexity index is 3040. The average Bonchev–Trinajstić information content (AvgIpc) is 3.84. The fraction of sp³-hybridized carbons (Fsp3) is 0. The number of furan rings is 2. The topological polar surface area (TPSA) is 90.7 Å². The van der Waals surface area contributed by atoms with Crippen molar-refractivity contribution in [3.8, 4) is 56.8 Å². The number of nitrogens with zero attached hydrogens (tertiary/aromatic N) is 5. The molecule has 0 aliphatic carbocycles. The monoisotopic (exact) mass is 721 g/mol. The van der Waals surface area contributed by atoms with Crippen molar-refractivity contribution in [2.45, 2.75) is 0 Å². The maximum atomic E-state index is 6.67. The van der Waals surface area contributed by atoms with Crippen LogP contribution in [0, 0.1) is 0 Å². The van der Waals surface area contributed by atoms with E-state index in [1.807, 2.05) is 164 Å². The predicted octanol–water partition coefficient (Wildman–Crippen LogP) is 12.5. The standard InChI is InChI=1S/C49H31N5O2/c1-2-36-37-25-15-26-39(49-53-47(33-19-8-4-9-20-33)52-48(54-49)34-21-10-5-11-22-34)44(37)55-41(36)29-28-31-16-14-23-35(30-31)42-45-43(38-24-12-13-27-40(38)56-45)51-46(50-42)32-17-6-3-7-18-32/h2-30H,1H2/b29-28+. The van der Waals surface area contributed by atoms with Gasteiger partial charge in [-0.25, -0.2) is 24.9 Å². The van der Waals surface area contributed by atoms with Gasteiger partial charge in [0.2, 0.25) is 0 Å². The van der Waals surface area contributed by atoms with Gasteiger partial charge in [0.15, 0.2) is 28.9 Å². The van der Waals surface area contributed by atoms with Crippen LogP contribution in [-0.4, -0.2) is 24.9 Å². The zero-order valence-corrected chi connectivity index (χ0v) is 30.0. The zero-order valence-electron chi connectivity index (χ0n) is 30.0. The minimum Gasteiger partial charge on any atom is -0.455 e. The third kappa shape index (κ3) is 5.94. The van der Waals surface area contributed by atoms with E-state index in [1.165, 1.54) is 0 Å². The normalized spacial score (nSPS) is 11.6. The molecule has 10 aromatic rings. The van der Waals surface area contributed by atoms with E-state index in [1.54, 1.807) is 0 Å². The van der Waals surface area contributed by atoms with E-state index in [4.69, 9.17) is 33.8 Å². The second-order valence-electron chi connectivity index (χ2n) is 13.3. The van der Waals surface area contributed by atoms with Crippen molar-refractivity contribution in [2.24, 2.45) is 0 Å². The van der Waals surface area contributed by atoms with Crippen LogP contribution in [0.25, 0.3) is 108 Å². The summed E-state index contributed by atoms with van der Waals surface area (Å²) >= 11 is 0. The van der Waals surface area contributed by atoms with Crippen LogP contribution in [0.2, 0.25) is 0 Å². The number of aromatic nitrogens is 5. The lowest BCUT2D eigenvalue weighted by molar-refractivity contribution is 0.604. The molecule has 0 aliphatic rings. The molecule has 264 valence electrons. The van der Waals surface area contributed by atoms with Crippen molar-refractivity contribution >= 4 is 51.3 Å². The van der Waals surface area contributed by atoms with Crippen molar-refractivity contribution in [1.29, 1.82) is 0 Å². The lowest BCUT2D eigenvalue weighted by Crippen LogP contribution is -2.00. The van der Waals surface area contributed by atoms with Crippen molar-refractivity contribution in [3.63, 3.8) is 0 Å². The van der Waals surface area contributed by atoms with E-state index in [-0.39, 0.29) is 0 Å². The summed E-state index contributed by atoms with van der Waals surface area (Å²) in [6, 6.07) is 52.1. The van der Waals surface area contributed by atoms with Crippen LogP contribution in [-0.2, 0) is 0 Å². The molecule has 0 atom stereocenters. The van der Waals surface area contributed by atoms with Crippen LogP contribution in [0.5, 0.6) is 0 Å². The van der Waals surface area contributed by atoms with Gasteiger partial charge >= 0.3 is 0 Å². The van der Waals surface area contributed by atoms with E-state index in [0.29, 0.717) is 40.2 Å². The van der Waals surface area contributed by atoms with Crippen LogP contribution in [0.15, 0.2) is 173 Å². The molecule has 6 aromatic carbocycles. The Morgan fingerprint density at radius 3 is 1.70 bits per heavy atom. The average molecular weight is 722 g/mol. The maximum Gasteiger partial charge on any atom is 0.180 e. The molecule has 7 nitrogen and oxygen atoms in total. The molecule has 7 heteroatoms. The first-order chi connectivity index (χ1) is 27.7. The molecule has 0 saturated heterocycles. The SMILES string of the molecule is C=Cc1c(/C=C/c2cccc(-c3nc(-c4ccccc4)nc4c3oc3ccccc34)c2)oc2c(-c3nc(-c4ccccc4)nc(-c4ccccc4)n3)cccc12. The van der Waals surface area contributed by atoms with Crippen LogP contribution in [0.1, 0.15) is 16.9 Å². The fourth-order valence-corrected chi connectivity index (χ4v) is 7.06. The van der Waals surface area contributed by atoms with Gasteiger partial charge in [0.05, 0.1) is 5.56 Å².